The fourth-order valence-corrected chi connectivity index (χ4v) is 2.26. The lowest BCUT2D eigenvalue weighted by Crippen LogP contribution is -2.26. The van der Waals surface area contributed by atoms with Crippen molar-refractivity contribution in [3.63, 3.8) is 0 Å². The fraction of sp³-hybridized carbons (Fsp3) is 1.00. The Kier molecular flexibility index (Phi) is 4.07. The fourth-order valence-electron chi connectivity index (χ4n) is 2.26. The summed E-state index contributed by atoms with van der Waals surface area (Å²) in [6.07, 6.45) is 7.61. The topological polar surface area (TPSA) is 9.23 Å². The molecule has 0 spiro atoms. The molecule has 0 heterocycles. The molecule has 0 saturated heterocycles. The van der Waals surface area contributed by atoms with Gasteiger partial charge in [-0.2, -0.15) is 0 Å². The Labute approximate surface area is 76.5 Å². The highest BCUT2D eigenvalue weighted by Crippen LogP contribution is 2.31. The summed E-state index contributed by atoms with van der Waals surface area (Å²) in [6, 6.07) is 0. The van der Waals surface area contributed by atoms with Crippen LogP contribution in [0.15, 0.2) is 0 Å². The molecule has 12 heavy (non-hydrogen) atoms. The number of hydrogen-bond donors (Lipinski definition) is 0. The molecular weight excluding hydrogens is 148 g/mol. The third-order valence-corrected chi connectivity index (χ3v) is 3.51. The lowest BCUT2D eigenvalue weighted by molar-refractivity contribution is 0.0394. The monoisotopic (exact) mass is 170 g/mol. The average Bonchev–Trinajstić information content (AvgIpc) is 2.17. The molecule has 2 unspecified atom stereocenters. The van der Waals surface area contributed by atoms with Gasteiger partial charge in [-0.05, 0) is 18.8 Å². The van der Waals surface area contributed by atoms with Crippen molar-refractivity contribution in [1.29, 1.82) is 0 Å². The van der Waals surface area contributed by atoms with Crippen LogP contribution in [0.4, 0.5) is 0 Å². The van der Waals surface area contributed by atoms with E-state index in [0.717, 1.165) is 11.8 Å². The Morgan fingerprint density at radius 3 is 2.17 bits per heavy atom. The first-order valence-electron chi connectivity index (χ1n) is 5.28. The number of rotatable bonds is 3. The molecule has 1 heteroatoms. The van der Waals surface area contributed by atoms with E-state index in [1.165, 1.54) is 32.1 Å². The van der Waals surface area contributed by atoms with Crippen LogP contribution in [0.25, 0.3) is 0 Å². The first kappa shape index (κ1) is 10.0. The first-order chi connectivity index (χ1) is 5.75. The molecule has 1 fully saturated rings. The molecule has 1 nitrogen and oxygen atoms in total. The minimum absolute atomic E-state index is 0.438. The van der Waals surface area contributed by atoms with E-state index in [1.54, 1.807) is 0 Å². The van der Waals surface area contributed by atoms with Crippen LogP contribution in [0.5, 0.6) is 0 Å². The molecule has 0 aromatic rings. The Hall–Kier alpha value is -0.0400. The van der Waals surface area contributed by atoms with Crippen molar-refractivity contribution in [3.05, 3.63) is 0 Å². The van der Waals surface area contributed by atoms with Crippen LogP contribution in [0, 0.1) is 11.8 Å². The van der Waals surface area contributed by atoms with Gasteiger partial charge in [0, 0.05) is 7.11 Å². The van der Waals surface area contributed by atoms with E-state index < -0.39 is 0 Å². The van der Waals surface area contributed by atoms with Crippen LogP contribution >= 0.6 is 0 Å². The molecule has 0 radical (unpaired) electrons. The second-order valence-electron chi connectivity index (χ2n) is 4.20. The van der Waals surface area contributed by atoms with Gasteiger partial charge >= 0.3 is 0 Å². The quantitative estimate of drug-likeness (QED) is 0.632. The summed E-state index contributed by atoms with van der Waals surface area (Å²) >= 11 is 0. The smallest absolute Gasteiger partial charge is 0.0571 e. The summed E-state index contributed by atoms with van der Waals surface area (Å²) in [6.45, 7) is 4.53. The number of methoxy groups -OCH3 is 1. The van der Waals surface area contributed by atoms with Crippen molar-refractivity contribution in [2.45, 2.75) is 52.1 Å². The molecular formula is C11H22O. The van der Waals surface area contributed by atoms with Crippen molar-refractivity contribution < 1.29 is 4.74 Å². The number of ether oxygens (including phenoxy) is 1. The second kappa shape index (κ2) is 4.86. The Morgan fingerprint density at radius 2 is 1.67 bits per heavy atom. The van der Waals surface area contributed by atoms with Gasteiger partial charge in [-0.25, -0.2) is 0 Å². The van der Waals surface area contributed by atoms with Crippen LogP contribution in [-0.2, 0) is 4.74 Å². The van der Waals surface area contributed by atoms with E-state index >= 15 is 0 Å². The molecule has 0 aliphatic heterocycles. The standard InChI is InChI=1S/C11H22O/c1-9(10(2)12-3)11-7-5-4-6-8-11/h9-11H,4-8H2,1-3H3. The summed E-state index contributed by atoms with van der Waals surface area (Å²) in [7, 11) is 1.82. The molecule has 0 bridgehead atoms. The summed E-state index contributed by atoms with van der Waals surface area (Å²) < 4.78 is 5.37. The molecule has 1 aliphatic carbocycles. The van der Waals surface area contributed by atoms with E-state index in [2.05, 4.69) is 13.8 Å². The third kappa shape index (κ3) is 2.48. The third-order valence-electron chi connectivity index (χ3n) is 3.51. The van der Waals surface area contributed by atoms with Crippen LogP contribution in [0.1, 0.15) is 46.0 Å². The predicted octanol–water partition coefficient (Wildman–Crippen LogP) is 3.24. The largest absolute Gasteiger partial charge is 0.381 e. The van der Waals surface area contributed by atoms with Crippen molar-refractivity contribution in [3.8, 4) is 0 Å². The Morgan fingerprint density at radius 1 is 1.08 bits per heavy atom. The van der Waals surface area contributed by atoms with E-state index in [1.807, 2.05) is 7.11 Å². The highest BCUT2D eigenvalue weighted by atomic mass is 16.5. The van der Waals surface area contributed by atoms with E-state index in [0.29, 0.717) is 6.10 Å². The molecule has 1 saturated carbocycles. The lowest BCUT2D eigenvalue weighted by atomic mass is 9.79. The van der Waals surface area contributed by atoms with Gasteiger partial charge in [-0.3, -0.25) is 0 Å². The molecule has 1 rings (SSSR count). The van der Waals surface area contributed by atoms with Gasteiger partial charge < -0.3 is 4.74 Å². The zero-order valence-electron chi connectivity index (χ0n) is 8.68. The molecule has 0 aromatic heterocycles. The first-order valence-corrected chi connectivity index (χ1v) is 5.28. The molecule has 2 atom stereocenters. The van der Waals surface area contributed by atoms with Gasteiger partial charge in [0.1, 0.15) is 0 Å². The van der Waals surface area contributed by atoms with Gasteiger partial charge in [0.05, 0.1) is 6.10 Å². The maximum atomic E-state index is 5.37. The van der Waals surface area contributed by atoms with Gasteiger partial charge in [-0.1, -0.05) is 39.0 Å². The maximum absolute atomic E-state index is 5.37. The summed E-state index contributed by atoms with van der Waals surface area (Å²) in [5.41, 5.74) is 0. The van der Waals surface area contributed by atoms with Crippen LogP contribution in [0.3, 0.4) is 0 Å². The maximum Gasteiger partial charge on any atom is 0.0571 e. The zero-order valence-corrected chi connectivity index (χ0v) is 8.68. The zero-order chi connectivity index (χ0) is 8.97. The summed E-state index contributed by atoms with van der Waals surface area (Å²) in [4.78, 5) is 0. The predicted molar refractivity (Wildman–Crippen MR) is 52.2 cm³/mol. The van der Waals surface area contributed by atoms with Gasteiger partial charge in [0.2, 0.25) is 0 Å². The van der Waals surface area contributed by atoms with E-state index in [4.69, 9.17) is 4.74 Å². The second-order valence-corrected chi connectivity index (χ2v) is 4.20. The molecule has 0 amide bonds. The highest BCUT2D eigenvalue weighted by Gasteiger charge is 2.23. The van der Waals surface area contributed by atoms with E-state index in [9.17, 15) is 0 Å². The van der Waals surface area contributed by atoms with Crippen LogP contribution in [0.2, 0.25) is 0 Å². The van der Waals surface area contributed by atoms with Crippen molar-refractivity contribution >= 4 is 0 Å². The van der Waals surface area contributed by atoms with Crippen molar-refractivity contribution in [1.82, 2.24) is 0 Å². The molecule has 0 N–H and O–H groups in total. The SMILES string of the molecule is COC(C)C(C)C1CCCCC1. The molecule has 0 aromatic carbocycles. The average molecular weight is 170 g/mol. The Balaban J connectivity index is 2.33. The van der Waals surface area contributed by atoms with Crippen LogP contribution < -0.4 is 0 Å². The highest BCUT2D eigenvalue weighted by molar-refractivity contribution is 4.74. The van der Waals surface area contributed by atoms with Gasteiger partial charge in [-0.15, -0.1) is 0 Å². The normalized spacial score (nSPS) is 25.2. The summed E-state index contributed by atoms with van der Waals surface area (Å²) in [5, 5.41) is 0. The van der Waals surface area contributed by atoms with E-state index in [-0.39, 0.29) is 0 Å². The minimum atomic E-state index is 0.438. The summed E-state index contributed by atoms with van der Waals surface area (Å²) in [5.74, 6) is 1.67. The lowest BCUT2D eigenvalue weighted by Gasteiger charge is -2.30. The Bertz CT molecular complexity index is 116. The minimum Gasteiger partial charge on any atom is -0.381 e. The van der Waals surface area contributed by atoms with Crippen molar-refractivity contribution in [2.75, 3.05) is 7.11 Å². The van der Waals surface area contributed by atoms with Gasteiger partial charge in [0.15, 0.2) is 0 Å². The van der Waals surface area contributed by atoms with Crippen molar-refractivity contribution in [2.24, 2.45) is 11.8 Å². The molecule has 1 aliphatic rings. The number of hydrogen-bond acceptors (Lipinski definition) is 1. The van der Waals surface area contributed by atoms with Crippen LogP contribution in [-0.4, -0.2) is 13.2 Å². The van der Waals surface area contributed by atoms with Gasteiger partial charge in [0.25, 0.3) is 0 Å². The molecule has 72 valence electrons.